The molecular formula is C23H26N2O4. The molecule has 1 aliphatic carbocycles. The molecular weight excluding hydrogens is 368 g/mol. The second-order valence-corrected chi connectivity index (χ2v) is 7.68. The molecule has 2 atom stereocenters. The van der Waals surface area contributed by atoms with Crippen molar-refractivity contribution in [3.8, 4) is 11.5 Å². The van der Waals surface area contributed by atoms with E-state index in [9.17, 15) is 9.59 Å². The van der Waals surface area contributed by atoms with Crippen LogP contribution in [0.3, 0.4) is 0 Å². The van der Waals surface area contributed by atoms with Gasteiger partial charge in [0.2, 0.25) is 5.91 Å². The van der Waals surface area contributed by atoms with Gasteiger partial charge in [0.15, 0.2) is 0 Å². The fourth-order valence-electron chi connectivity index (χ4n) is 3.97. The van der Waals surface area contributed by atoms with E-state index in [1.54, 1.807) is 19.1 Å². The molecule has 29 heavy (non-hydrogen) atoms. The molecule has 6 heteroatoms. The topological polar surface area (TPSA) is 67.9 Å². The van der Waals surface area contributed by atoms with Crippen LogP contribution < -0.4 is 14.8 Å². The molecule has 0 aromatic heterocycles. The zero-order valence-corrected chi connectivity index (χ0v) is 16.8. The lowest BCUT2D eigenvalue weighted by atomic mass is 9.87. The molecule has 2 aromatic carbocycles. The number of likely N-dealkylation sites (tertiary alicyclic amines) is 1. The van der Waals surface area contributed by atoms with Gasteiger partial charge in [-0.2, -0.15) is 0 Å². The molecule has 0 bridgehead atoms. The predicted molar refractivity (Wildman–Crippen MR) is 109 cm³/mol. The van der Waals surface area contributed by atoms with Crippen molar-refractivity contribution in [2.45, 2.75) is 24.8 Å². The van der Waals surface area contributed by atoms with E-state index in [2.05, 4.69) is 5.32 Å². The summed E-state index contributed by atoms with van der Waals surface area (Å²) in [6.45, 7) is 0.866. The Morgan fingerprint density at radius 2 is 1.76 bits per heavy atom. The van der Waals surface area contributed by atoms with Crippen LogP contribution in [0.5, 0.6) is 11.5 Å². The first-order valence-corrected chi connectivity index (χ1v) is 9.97. The number of ether oxygens (including phenoxy) is 2. The molecule has 2 unspecified atom stereocenters. The van der Waals surface area contributed by atoms with Crippen molar-refractivity contribution in [3.05, 3.63) is 59.7 Å². The summed E-state index contributed by atoms with van der Waals surface area (Å²) in [5, 5.41) is 3.11. The summed E-state index contributed by atoms with van der Waals surface area (Å²) >= 11 is 0. The summed E-state index contributed by atoms with van der Waals surface area (Å²) < 4.78 is 10.9. The van der Waals surface area contributed by atoms with E-state index in [-0.39, 0.29) is 29.7 Å². The van der Waals surface area contributed by atoms with E-state index in [1.807, 2.05) is 48.5 Å². The van der Waals surface area contributed by atoms with Crippen molar-refractivity contribution < 1.29 is 19.1 Å². The summed E-state index contributed by atoms with van der Waals surface area (Å²) in [4.78, 5) is 27.8. The summed E-state index contributed by atoms with van der Waals surface area (Å²) in [5.74, 6) is 0.878. The molecule has 2 aromatic rings. The van der Waals surface area contributed by atoms with Gasteiger partial charge in [0, 0.05) is 42.2 Å². The molecule has 152 valence electrons. The highest BCUT2D eigenvalue weighted by Gasteiger charge is 2.43. The number of hydrogen-bond acceptors (Lipinski definition) is 4. The molecule has 1 aliphatic heterocycles. The van der Waals surface area contributed by atoms with Crippen molar-refractivity contribution in [2.75, 3.05) is 27.3 Å². The number of methoxy groups -OCH3 is 2. The van der Waals surface area contributed by atoms with Crippen LogP contribution >= 0.6 is 0 Å². The lowest BCUT2D eigenvalue weighted by Crippen LogP contribution is -2.36. The van der Waals surface area contributed by atoms with Crippen LogP contribution in [0, 0.1) is 5.92 Å². The number of nitrogens with zero attached hydrogens (tertiary/aromatic N) is 1. The van der Waals surface area contributed by atoms with Gasteiger partial charge in [-0.25, -0.2) is 0 Å². The van der Waals surface area contributed by atoms with Crippen LogP contribution in [0.1, 0.15) is 34.7 Å². The Kier molecular flexibility index (Phi) is 5.43. The van der Waals surface area contributed by atoms with Crippen LogP contribution in [0.4, 0.5) is 0 Å². The lowest BCUT2D eigenvalue weighted by molar-refractivity contribution is -0.125. The Morgan fingerprint density at radius 1 is 1.00 bits per heavy atom. The summed E-state index contributed by atoms with van der Waals surface area (Å²) in [6, 6.07) is 15.1. The van der Waals surface area contributed by atoms with Crippen molar-refractivity contribution in [1.29, 1.82) is 0 Å². The maximum atomic E-state index is 13.0. The van der Waals surface area contributed by atoms with Crippen molar-refractivity contribution >= 4 is 11.8 Å². The van der Waals surface area contributed by atoms with Crippen LogP contribution in [-0.2, 0) is 4.79 Å². The highest BCUT2D eigenvalue weighted by atomic mass is 16.5. The lowest BCUT2D eigenvalue weighted by Gasteiger charge is -2.21. The first kappa shape index (κ1) is 19.3. The molecule has 0 radical (unpaired) electrons. The Hall–Kier alpha value is -3.02. The first-order valence-electron chi connectivity index (χ1n) is 9.97. The van der Waals surface area contributed by atoms with Gasteiger partial charge in [0.25, 0.3) is 5.91 Å². The third kappa shape index (κ3) is 4.06. The number of hydrogen-bond donors (Lipinski definition) is 1. The van der Waals surface area contributed by atoms with Gasteiger partial charge in [0.1, 0.15) is 11.5 Å². The minimum atomic E-state index is -0.314. The van der Waals surface area contributed by atoms with Gasteiger partial charge in [0.05, 0.1) is 20.1 Å². The van der Waals surface area contributed by atoms with E-state index in [0.717, 1.165) is 18.4 Å². The monoisotopic (exact) mass is 394 g/mol. The average Bonchev–Trinajstić information content (AvgIpc) is 3.47. The molecule has 1 heterocycles. The van der Waals surface area contributed by atoms with Crippen LogP contribution in [0.2, 0.25) is 0 Å². The van der Waals surface area contributed by atoms with Crippen LogP contribution in [0.25, 0.3) is 0 Å². The second kappa shape index (κ2) is 8.15. The van der Waals surface area contributed by atoms with E-state index >= 15 is 0 Å². The number of nitrogens with one attached hydrogen (secondary N) is 1. The van der Waals surface area contributed by atoms with E-state index < -0.39 is 0 Å². The third-order valence-corrected chi connectivity index (χ3v) is 5.73. The van der Waals surface area contributed by atoms with Crippen molar-refractivity contribution in [2.24, 2.45) is 5.92 Å². The number of rotatable bonds is 6. The minimum absolute atomic E-state index is 0.0127. The zero-order valence-electron chi connectivity index (χ0n) is 16.8. The number of carbonyl (C=O) groups excluding carboxylic acids is 2. The summed E-state index contributed by atoms with van der Waals surface area (Å²) in [5.41, 5.74) is 1.56. The first-order chi connectivity index (χ1) is 14.1. The van der Waals surface area contributed by atoms with Crippen molar-refractivity contribution in [1.82, 2.24) is 10.2 Å². The molecule has 1 saturated heterocycles. The zero-order chi connectivity index (χ0) is 20.4. The van der Waals surface area contributed by atoms with Gasteiger partial charge < -0.3 is 19.7 Å². The quantitative estimate of drug-likeness (QED) is 0.818. The largest absolute Gasteiger partial charge is 0.497 e. The number of carbonyl (C=O) groups is 2. The number of benzene rings is 2. The van der Waals surface area contributed by atoms with E-state index in [4.69, 9.17) is 9.47 Å². The van der Waals surface area contributed by atoms with Gasteiger partial charge in [-0.3, -0.25) is 9.59 Å². The van der Waals surface area contributed by atoms with Gasteiger partial charge >= 0.3 is 0 Å². The molecule has 2 aliphatic rings. The maximum absolute atomic E-state index is 13.0. The molecule has 2 amide bonds. The predicted octanol–water partition coefficient (Wildman–Crippen LogP) is 2.84. The highest BCUT2D eigenvalue weighted by molar-refractivity contribution is 5.95. The molecule has 1 N–H and O–H groups in total. The molecule has 4 rings (SSSR count). The molecule has 1 saturated carbocycles. The van der Waals surface area contributed by atoms with Crippen molar-refractivity contribution in [3.63, 3.8) is 0 Å². The fraction of sp³-hybridized carbons (Fsp3) is 0.391. The Bertz CT molecular complexity index is 895. The molecule has 6 nitrogen and oxygen atoms in total. The number of amides is 2. The normalized spacial score (nSPS) is 21.0. The van der Waals surface area contributed by atoms with E-state index in [1.165, 1.54) is 0 Å². The molecule has 2 fully saturated rings. The van der Waals surface area contributed by atoms with Gasteiger partial charge in [-0.1, -0.05) is 24.3 Å². The van der Waals surface area contributed by atoms with E-state index in [0.29, 0.717) is 30.2 Å². The summed E-state index contributed by atoms with van der Waals surface area (Å²) in [6.07, 6.45) is 2.06. The maximum Gasteiger partial charge on any atom is 0.253 e. The average molecular weight is 394 g/mol. The standard InChI is InChI=1S/C23H26N2O4/c1-28-17-10-11-18(21(12-17)29-2)19-13-25(23(27)15-6-4-3-5-7-15)14-20(19)22(26)24-16-8-9-16/h3-7,10-12,16,19-20H,8-9,13-14H2,1-2H3,(H,24,26). The highest BCUT2D eigenvalue weighted by Crippen LogP contribution is 2.40. The SMILES string of the molecule is COc1ccc(C2CN(C(=O)c3ccccc3)CC2C(=O)NC2CC2)c(OC)c1. The minimum Gasteiger partial charge on any atom is -0.497 e. The Morgan fingerprint density at radius 3 is 2.41 bits per heavy atom. The van der Waals surface area contributed by atoms with Crippen LogP contribution in [0.15, 0.2) is 48.5 Å². The third-order valence-electron chi connectivity index (χ3n) is 5.73. The second-order valence-electron chi connectivity index (χ2n) is 7.68. The van der Waals surface area contributed by atoms with Crippen LogP contribution in [-0.4, -0.2) is 50.1 Å². The fourth-order valence-corrected chi connectivity index (χ4v) is 3.97. The van der Waals surface area contributed by atoms with Gasteiger partial charge in [-0.05, 0) is 31.0 Å². The summed E-state index contributed by atoms with van der Waals surface area (Å²) in [7, 11) is 3.22. The Balaban J connectivity index is 1.64. The van der Waals surface area contributed by atoms with Gasteiger partial charge in [-0.15, -0.1) is 0 Å². The smallest absolute Gasteiger partial charge is 0.253 e. The molecule has 0 spiro atoms. The Labute approximate surface area is 170 Å².